The minimum atomic E-state index is -3.60. The third kappa shape index (κ3) is 4.25. The molecule has 0 fully saturated rings. The number of rotatable bonds is 6. The van der Waals surface area contributed by atoms with E-state index in [9.17, 15) is 13.2 Å². The Hall–Kier alpha value is -2.00. The van der Waals surface area contributed by atoms with E-state index in [4.69, 9.17) is 11.6 Å². The van der Waals surface area contributed by atoms with Crippen LogP contribution in [0.1, 0.15) is 16.9 Å². The summed E-state index contributed by atoms with van der Waals surface area (Å²) in [7, 11) is -3.60. The van der Waals surface area contributed by atoms with Gasteiger partial charge in [-0.25, -0.2) is 23.4 Å². The monoisotopic (exact) mass is 343 g/mol. The van der Waals surface area contributed by atoms with Crippen LogP contribution in [0, 0.1) is 0 Å². The second-order valence-electron chi connectivity index (χ2n) is 4.53. The van der Waals surface area contributed by atoms with E-state index >= 15 is 0 Å². The van der Waals surface area contributed by atoms with E-state index in [0.29, 0.717) is 19.5 Å². The summed E-state index contributed by atoms with van der Waals surface area (Å²) in [6.45, 7) is 1.10. The molecule has 0 saturated carbocycles. The van der Waals surface area contributed by atoms with Crippen LogP contribution in [-0.4, -0.2) is 46.6 Å². The van der Waals surface area contributed by atoms with E-state index in [1.165, 1.54) is 0 Å². The van der Waals surface area contributed by atoms with Crippen molar-refractivity contribution >= 4 is 27.3 Å². The van der Waals surface area contributed by atoms with E-state index in [0.717, 1.165) is 12.5 Å². The van der Waals surface area contributed by atoms with Gasteiger partial charge in [0.15, 0.2) is 5.69 Å². The van der Waals surface area contributed by atoms with Crippen LogP contribution in [0.4, 0.5) is 0 Å². The van der Waals surface area contributed by atoms with Crippen LogP contribution < -0.4 is 5.32 Å². The van der Waals surface area contributed by atoms with Crippen molar-refractivity contribution in [3.8, 4) is 0 Å². The molecule has 0 atom stereocenters. The molecule has 0 aliphatic carbocycles. The Kier molecular flexibility index (Phi) is 5.09. The average Bonchev–Trinajstić information content (AvgIpc) is 2.95. The number of nitrogens with zero attached hydrogens (tertiary/aromatic N) is 4. The smallest absolute Gasteiger partial charge is 0.271 e. The molecule has 0 spiro atoms. The second-order valence-corrected chi connectivity index (χ2v) is 6.85. The number of hydrogen-bond donors (Lipinski definition) is 1. The number of sulfone groups is 1. The molecule has 2 heterocycles. The first-order valence-corrected chi connectivity index (χ1v) is 8.61. The van der Waals surface area contributed by atoms with Crippen molar-refractivity contribution in [3.05, 3.63) is 35.6 Å². The van der Waals surface area contributed by atoms with Crippen LogP contribution in [0.2, 0.25) is 5.02 Å². The number of amides is 1. The van der Waals surface area contributed by atoms with Crippen molar-refractivity contribution in [2.45, 2.75) is 18.1 Å². The lowest BCUT2D eigenvalue weighted by molar-refractivity contribution is 0.0947. The van der Waals surface area contributed by atoms with Gasteiger partial charge in [-0.2, -0.15) is 0 Å². The van der Waals surface area contributed by atoms with Gasteiger partial charge in [-0.15, -0.1) is 0 Å². The number of hydrogen-bond acceptors (Lipinski definition) is 6. The van der Waals surface area contributed by atoms with Crippen LogP contribution in [-0.2, 0) is 16.4 Å². The number of aromatic nitrogens is 4. The summed E-state index contributed by atoms with van der Waals surface area (Å²) in [5, 5.41) is 2.21. The van der Waals surface area contributed by atoms with Gasteiger partial charge >= 0.3 is 0 Å². The van der Waals surface area contributed by atoms with E-state index in [2.05, 4.69) is 20.3 Å². The first-order valence-electron chi connectivity index (χ1n) is 6.34. The van der Waals surface area contributed by atoms with Crippen molar-refractivity contribution in [2.75, 3.05) is 12.8 Å². The maximum absolute atomic E-state index is 12.0. The van der Waals surface area contributed by atoms with Gasteiger partial charge in [0.25, 0.3) is 5.91 Å². The highest BCUT2D eigenvalue weighted by Gasteiger charge is 2.18. The molecule has 2 rings (SSSR count). The maximum atomic E-state index is 12.0. The molecular weight excluding hydrogens is 330 g/mol. The molecule has 2 aromatic heterocycles. The summed E-state index contributed by atoms with van der Waals surface area (Å²) in [5.41, 5.74) is -0.153. The van der Waals surface area contributed by atoms with Crippen molar-refractivity contribution in [1.29, 1.82) is 0 Å². The van der Waals surface area contributed by atoms with Crippen molar-refractivity contribution in [2.24, 2.45) is 0 Å². The first kappa shape index (κ1) is 16.4. The summed E-state index contributed by atoms with van der Waals surface area (Å²) in [5.74, 6) is -0.539. The van der Waals surface area contributed by atoms with Crippen LogP contribution in [0.15, 0.2) is 30.1 Å². The number of nitrogens with one attached hydrogen (secondary N) is 1. The van der Waals surface area contributed by atoms with Gasteiger partial charge < -0.3 is 9.88 Å². The predicted molar refractivity (Wildman–Crippen MR) is 79.3 cm³/mol. The van der Waals surface area contributed by atoms with Gasteiger partial charge in [0.05, 0.1) is 17.5 Å². The Morgan fingerprint density at radius 2 is 2.23 bits per heavy atom. The summed E-state index contributed by atoms with van der Waals surface area (Å²) in [6, 6.07) is 0. The zero-order chi connectivity index (χ0) is 16.2. The molecule has 0 aliphatic heterocycles. The lowest BCUT2D eigenvalue weighted by atomic mass is 10.3. The Balaban J connectivity index is 1.97. The van der Waals surface area contributed by atoms with Gasteiger partial charge in [-0.1, -0.05) is 11.6 Å². The highest BCUT2D eigenvalue weighted by Crippen LogP contribution is 2.14. The molecule has 10 heteroatoms. The normalized spacial score (nSPS) is 11.4. The predicted octanol–water partition coefficient (Wildman–Crippen LogP) is 0.550. The third-order valence-corrected chi connectivity index (χ3v) is 3.84. The zero-order valence-corrected chi connectivity index (χ0v) is 13.3. The van der Waals surface area contributed by atoms with E-state index in [1.54, 1.807) is 12.5 Å². The molecule has 118 valence electrons. The molecule has 2 aromatic rings. The standard InChI is InChI=1S/C12H14ClN5O3S/c1-22(20,21)12-16-7-9(13)10(17-12)11(19)15-3-2-5-18-6-4-14-8-18/h4,6-8H,2-3,5H2,1H3,(H,15,19). The minimum Gasteiger partial charge on any atom is -0.351 e. The molecule has 0 aromatic carbocycles. The summed E-state index contributed by atoms with van der Waals surface area (Å²) in [4.78, 5) is 23.2. The fourth-order valence-electron chi connectivity index (χ4n) is 1.66. The van der Waals surface area contributed by atoms with Gasteiger partial charge in [0.2, 0.25) is 15.0 Å². The van der Waals surface area contributed by atoms with Crippen molar-refractivity contribution in [1.82, 2.24) is 24.8 Å². The fourth-order valence-corrected chi connectivity index (χ4v) is 2.33. The lowest BCUT2D eigenvalue weighted by Gasteiger charge is -2.07. The Labute approximate surface area is 132 Å². The van der Waals surface area contributed by atoms with Gasteiger partial charge in [-0.05, 0) is 6.42 Å². The molecule has 1 amide bonds. The molecule has 0 saturated heterocycles. The molecule has 0 bridgehead atoms. The van der Waals surface area contributed by atoms with Crippen LogP contribution in [0.25, 0.3) is 0 Å². The summed E-state index contributed by atoms with van der Waals surface area (Å²) < 4.78 is 24.7. The fraction of sp³-hybridized carbons (Fsp3) is 0.333. The van der Waals surface area contributed by atoms with Gasteiger partial charge in [0.1, 0.15) is 0 Å². The molecule has 0 aliphatic rings. The summed E-state index contributed by atoms with van der Waals surface area (Å²) in [6.07, 6.45) is 7.92. The number of halogens is 1. The van der Waals surface area contributed by atoms with Crippen molar-refractivity contribution in [3.63, 3.8) is 0 Å². The minimum absolute atomic E-state index is 0.000454. The second kappa shape index (κ2) is 6.84. The average molecular weight is 344 g/mol. The Morgan fingerprint density at radius 1 is 1.45 bits per heavy atom. The number of carbonyl (C=O) groups is 1. The Morgan fingerprint density at radius 3 is 2.86 bits per heavy atom. The molecule has 0 radical (unpaired) electrons. The Bertz CT molecular complexity index is 761. The molecular formula is C12H14ClN5O3S. The highest BCUT2D eigenvalue weighted by atomic mass is 35.5. The number of imidazole rings is 1. The largest absolute Gasteiger partial charge is 0.351 e. The van der Waals surface area contributed by atoms with E-state index < -0.39 is 20.9 Å². The lowest BCUT2D eigenvalue weighted by Crippen LogP contribution is -2.27. The molecule has 8 nitrogen and oxygen atoms in total. The van der Waals surface area contributed by atoms with E-state index in [1.807, 2.05) is 10.8 Å². The topological polar surface area (TPSA) is 107 Å². The summed E-state index contributed by atoms with van der Waals surface area (Å²) >= 11 is 5.84. The quantitative estimate of drug-likeness (QED) is 0.606. The van der Waals surface area contributed by atoms with Crippen LogP contribution in [0.5, 0.6) is 0 Å². The zero-order valence-electron chi connectivity index (χ0n) is 11.7. The SMILES string of the molecule is CS(=O)(=O)c1ncc(Cl)c(C(=O)NCCCn2ccnc2)n1. The molecule has 0 unspecified atom stereocenters. The van der Waals surface area contributed by atoms with Crippen LogP contribution >= 0.6 is 11.6 Å². The van der Waals surface area contributed by atoms with Crippen molar-refractivity contribution < 1.29 is 13.2 Å². The third-order valence-electron chi connectivity index (χ3n) is 2.71. The van der Waals surface area contributed by atoms with E-state index in [-0.39, 0.29) is 10.7 Å². The van der Waals surface area contributed by atoms with Gasteiger partial charge in [0, 0.05) is 31.7 Å². The highest BCUT2D eigenvalue weighted by molar-refractivity contribution is 7.90. The first-order chi connectivity index (χ1) is 10.4. The molecule has 1 N–H and O–H groups in total. The number of carbonyl (C=O) groups excluding carboxylic acids is 1. The maximum Gasteiger partial charge on any atom is 0.271 e. The molecule has 22 heavy (non-hydrogen) atoms. The van der Waals surface area contributed by atoms with Crippen LogP contribution in [0.3, 0.4) is 0 Å². The number of aryl methyl sites for hydroxylation is 1. The van der Waals surface area contributed by atoms with Gasteiger partial charge in [-0.3, -0.25) is 4.79 Å².